The van der Waals surface area contributed by atoms with E-state index in [0.717, 1.165) is 18.4 Å². The summed E-state index contributed by atoms with van der Waals surface area (Å²) in [5.41, 5.74) is 10.9. The van der Waals surface area contributed by atoms with Crippen LogP contribution in [-0.2, 0) is 22.4 Å². The van der Waals surface area contributed by atoms with Gasteiger partial charge in [0.1, 0.15) is 12.4 Å². The van der Waals surface area contributed by atoms with Gasteiger partial charge in [-0.1, -0.05) is 59.7 Å². The molecule has 1 aliphatic rings. The first-order valence-electron chi connectivity index (χ1n) is 12.7. The molecule has 1 atom stereocenters. The summed E-state index contributed by atoms with van der Waals surface area (Å²) in [4.78, 5) is 21.3. The number of nitrogens with one attached hydrogen (secondary N) is 1. The van der Waals surface area contributed by atoms with Gasteiger partial charge in [0.05, 0.1) is 6.61 Å². The first-order chi connectivity index (χ1) is 18.6. The Hall–Kier alpha value is -4.33. The predicted molar refractivity (Wildman–Crippen MR) is 146 cm³/mol. The molecule has 3 aromatic carbocycles. The molecule has 1 aliphatic heterocycles. The summed E-state index contributed by atoms with van der Waals surface area (Å²) in [7, 11) is 0. The van der Waals surface area contributed by atoms with E-state index in [0.29, 0.717) is 42.5 Å². The van der Waals surface area contributed by atoms with Crippen molar-refractivity contribution in [3.63, 3.8) is 0 Å². The van der Waals surface area contributed by atoms with Gasteiger partial charge in [-0.05, 0) is 53.8 Å². The van der Waals surface area contributed by atoms with Crippen LogP contribution in [0.4, 0.5) is 5.69 Å². The van der Waals surface area contributed by atoms with E-state index in [1.165, 1.54) is 5.56 Å². The molecule has 0 bridgehead atoms. The van der Waals surface area contributed by atoms with Gasteiger partial charge >= 0.3 is 0 Å². The predicted octanol–water partition coefficient (Wildman–Crippen LogP) is 4.90. The van der Waals surface area contributed by atoms with Crippen molar-refractivity contribution >= 4 is 17.5 Å². The normalized spacial score (nSPS) is 16.2. The minimum atomic E-state index is -1.21. The molecule has 0 saturated carbocycles. The van der Waals surface area contributed by atoms with Crippen LogP contribution in [0.1, 0.15) is 29.5 Å². The molecule has 4 rings (SSSR count). The average molecular weight is 514 g/mol. The van der Waals surface area contributed by atoms with Crippen molar-refractivity contribution < 1.29 is 19.4 Å². The number of hydrogen-bond donors (Lipinski definition) is 2. The van der Waals surface area contributed by atoms with Crippen LogP contribution >= 0.6 is 0 Å². The largest absolute Gasteiger partial charge is 0.494 e. The molecule has 2 N–H and O–H groups in total. The zero-order chi connectivity index (χ0) is 26.6. The zero-order valence-electron chi connectivity index (χ0n) is 21.1. The number of benzene rings is 3. The fourth-order valence-corrected chi connectivity index (χ4v) is 4.25. The molecule has 3 aromatic rings. The molecule has 1 heterocycles. The summed E-state index contributed by atoms with van der Waals surface area (Å²) in [6.45, 7) is 1.05. The third-order valence-corrected chi connectivity index (χ3v) is 6.26. The fraction of sp³-hybridized carbons (Fsp3) is 0.310. The van der Waals surface area contributed by atoms with E-state index in [9.17, 15) is 4.79 Å². The molecule has 0 aliphatic carbocycles. The topological polar surface area (TPSA) is 129 Å². The molecule has 9 nitrogen and oxygen atoms in total. The van der Waals surface area contributed by atoms with Crippen LogP contribution in [0.2, 0.25) is 0 Å². The monoisotopic (exact) mass is 513 g/mol. The Kier molecular flexibility index (Phi) is 9.34. The fourth-order valence-electron chi connectivity index (χ4n) is 4.25. The van der Waals surface area contributed by atoms with Crippen molar-refractivity contribution in [3.05, 3.63) is 106 Å². The summed E-state index contributed by atoms with van der Waals surface area (Å²) in [6, 6.07) is 24.6. The van der Waals surface area contributed by atoms with E-state index < -0.39 is 5.54 Å². The second-order valence-corrected chi connectivity index (χ2v) is 9.03. The number of aliphatic hydroxyl groups is 1. The van der Waals surface area contributed by atoms with Gasteiger partial charge in [-0.15, -0.1) is 0 Å². The quantitative estimate of drug-likeness (QED) is 0.146. The number of aryl methyl sites for hydroxylation is 1. The maximum absolute atomic E-state index is 13.6. The minimum Gasteiger partial charge on any atom is -0.494 e. The third-order valence-electron chi connectivity index (χ3n) is 6.26. The second kappa shape index (κ2) is 13.3. The van der Waals surface area contributed by atoms with Crippen LogP contribution in [0.3, 0.4) is 0 Å². The van der Waals surface area contributed by atoms with Crippen molar-refractivity contribution in [1.29, 1.82) is 0 Å². The highest BCUT2D eigenvalue weighted by Crippen LogP contribution is 2.31. The molecule has 0 unspecified atom stereocenters. The van der Waals surface area contributed by atoms with Gasteiger partial charge in [0.2, 0.25) is 5.90 Å². The van der Waals surface area contributed by atoms with E-state index in [1.807, 2.05) is 42.5 Å². The Morgan fingerprint density at radius 1 is 1.08 bits per heavy atom. The number of hydrogen-bond acceptors (Lipinski definition) is 6. The lowest BCUT2D eigenvalue weighted by Crippen LogP contribution is -2.48. The summed E-state index contributed by atoms with van der Waals surface area (Å²) >= 11 is 0. The Balaban J connectivity index is 1.53. The Labute approximate surface area is 221 Å². The second-order valence-electron chi connectivity index (χ2n) is 9.03. The molecule has 38 heavy (non-hydrogen) atoms. The van der Waals surface area contributed by atoms with Crippen molar-refractivity contribution in [3.8, 4) is 5.75 Å². The standard InChI is InChI=1S/C29H31N5O4/c30-34-33-26-12-5-4-11-24(26)20-29(28(36)31-17-6-10-22-8-2-1-3-9-22)21-38-27(32-29)23-13-15-25(16-14-23)37-19-7-18-35/h1-5,8-9,11-16,35H,6-7,10,17-21H2,(H,31,36)/t29-/m1/s1. The molecular weight excluding hydrogens is 482 g/mol. The minimum absolute atomic E-state index is 0.0617. The van der Waals surface area contributed by atoms with Gasteiger partial charge in [0, 0.05) is 42.2 Å². The van der Waals surface area contributed by atoms with Gasteiger partial charge in [0.15, 0.2) is 5.54 Å². The van der Waals surface area contributed by atoms with Gasteiger partial charge in [-0.2, -0.15) is 0 Å². The van der Waals surface area contributed by atoms with Crippen LogP contribution in [0, 0.1) is 0 Å². The molecule has 1 amide bonds. The van der Waals surface area contributed by atoms with Crippen molar-refractivity contribution in [2.24, 2.45) is 10.1 Å². The van der Waals surface area contributed by atoms with Crippen LogP contribution in [0.15, 0.2) is 89.0 Å². The lowest BCUT2D eigenvalue weighted by atomic mass is 9.90. The number of carbonyl (C=O) groups excluding carboxylic acids is 1. The molecule has 0 radical (unpaired) electrons. The number of nitrogens with zero attached hydrogens (tertiary/aromatic N) is 4. The first-order valence-corrected chi connectivity index (χ1v) is 12.7. The van der Waals surface area contributed by atoms with Gasteiger partial charge < -0.3 is 19.9 Å². The molecule has 0 fully saturated rings. The highest BCUT2D eigenvalue weighted by molar-refractivity contribution is 6.00. The Bertz CT molecular complexity index is 1290. The number of carbonyl (C=O) groups is 1. The van der Waals surface area contributed by atoms with Gasteiger partial charge in [-0.3, -0.25) is 4.79 Å². The molecule has 0 aromatic heterocycles. The zero-order valence-corrected chi connectivity index (χ0v) is 21.1. The highest BCUT2D eigenvalue weighted by atomic mass is 16.5. The maximum atomic E-state index is 13.6. The number of rotatable bonds is 13. The highest BCUT2D eigenvalue weighted by Gasteiger charge is 2.44. The Morgan fingerprint density at radius 3 is 2.61 bits per heavy atom. The summed E-state index contributed by atoms with van der Waals surface area (Å²) in [5.74, 6) is 0.805. The van der Waals surface area contributed by atoms with Gasteiger partial charge in [0.25, 0.3) is 5.91 Å². The summed E-state index contributed by atoms with van der Waals surface area (Å²) in [5, 5.41) is 15.8. The molecule has 0 spiro atoms. The van der Waals surface area contributed by atoms with Crippen LogP contribution in [0.5, 0.6) is 5.75 Å². The Morgan fingerprint density at radius 2 is 1.84 bits per heavy atom. The molecule has 0 saturated heterocycles. The number of azide groups is 1. The molecule has 9 heteroatoms. The maximum Gasteiger partial charge on any atom is 0.251 e. The summed E-state index contributed by atoms with van der Waals surface area (Å²) < 4.78 is 11.6. The van der Waals surface area contributed by atoms with Crippen LogP contribution < -0.4 is 10.1 Å². The van der Waals surface area contributed by atoms with E-state index >= 15 is 0 Å². The first kappa shape index (κ1) is 26.7. The van der Waals surface area contributed by atoms with E-state index in [-0.39, 0.29) is 25.5 Å². The van der Waals surface area contributed by atoms with Crippen LogP contribution in [-0.4, -0.2) is 48.8 Å². The lowest BCUT2D eigenvalue weighted by Gasteiger charge is -2.24. The van der Waals surface area contributed by atoms with E-state index in [2.05, 4.69) is 27.5 Å². The van der Waals surface area contributed by atoms with E-state index in [1.54, 1.807) is 24.3 Å². The third kappa shape index (κ3) is 6.91. The number of amides is 1. The van der Waals surface area contributed by atoms with E-state index in [4.69, 9.17) is 25.1 Å². The molecule has 196 valence electrons. The van der Waals surface area contributed by atoms with Crippen molar-refractivity contribution in [2.75, 3.05) is 26.4 Å². The number of aliphatic hydroxyl groups excluding tert-OH is 1. The SMILES string of the molecule is [N-]=[N+]=Nc1ccccc1C[C@]1(C(=O)NCCCc2ccccc2)COC(c2ccc(OCCCO)cc2)=N1. The lowest BCUT2D eigenvalue weighted by molar-refractivity contribution is -0.126. The van der Waals surface area contributed by atoms with Crippen molar-refractivity contribution in [1.82, 2.24) is 5.32 Å². The number of ether oxygens (including phenoxy) is 2. The van der Waals surface area contributed by atoms with Gasteiger partial charge in [-0.25, -0.2) is 4.99 Å². The smallest absolute Gasteiger partial charge is 0.251 e. The van der Waals surface area contributed by atoms with Crippen LogP contribution in [0.25, 0.3) is 10.4 Å². The molecular formula is C29H31N5O4. The van der Waals surface area contributed by atoms with Crippen molar-refractivity contribution in [2.45, 2.75) is 31.2 Å². The number of aliphatic imine (C=N–C) groups is 1. The summed E-state index contributed by atoms with van der Waals surface area (Å²) in [6.07, 6.45) is 2.42. The average Bonchev–Trinajstić information content (AvgIpc) is 3.38.